The summed E-state index contributed by atoms with van der Waals surface area (Å²) in [5, 5.41) is 0. The van der Waals surface area contributed by atoms with Gasteiger partial charge in [0.25, 0.3) is 0 Å². The van der Waals surface area contributed by atoms with Gasteiger partial charge in [0.05, 0.1) is 0 Å². The molecule has 0 rings (SSSR count). The van der Waals surface area contributed by atoms with Crippen LogP contribution in [0.25, 0.3) is 0 Å². The van der Waals surface area contributed by atoms with Gasteiger partial charge >= 0.3 is 87.0 Å². The van der Waals surface area contributed by atoms with Crippen molar-refractivity contribution in [2.75, 3.05) is 0 Å². The van der Waals surface area contributed by atoms with Crippen LogP contribution in [-0.2, 0) is 123 Å². The van der Waals surface area contributed by atoms with Crippen LogP contribution in [0, 0.1) is 11.8 Å². The van der Waals surface area contributed by atoms with Crippen molar-refractivity contribution in [2.24, 2.45) is 11.8 Å². The summed E-state index contributed by atoms with van der Waals surface area (Å²) in [4.78, 5) is 0. The molecule has 0 spiro atoms. The van der Waals surface area contributed by atoms with Crippen LogP contribution < -0.4 is 0 Å². The molecule has 0 fully saturated rings. The molecule has 0 aromatic rings. The summed E-state index contributed by atoms with van der Waals surface area (Å²) in [6.45, 7) is 8.53. The van der Waals surface area contributed by atoms with E-state index in [1.54, 1.807) is 0 Å². The molecule has 0 radical (unpaired) electrons. The molecule has 0 unspecified atom stereocenters. The zero-order valence-corrected chi connectivity index (χ0v) is 26.2. The minimum Gasteiger partial charge on any atom is 0 e. The van der Waals surface area contributed by atoms with Crippen molar-refractivity contribution in [3.05, 3.63) is 0 Å². The summed E-state index contributed by atoms with van der Waals surface area (Å²) >= 11 is 2.91. The van der Waals surface area contributed by atoms with Crippen LogP contribution in [0.5, 0.6) is 0 Å². The monoisotopic (exact) mass is 1210 g/mol. The van der Waals surface area contributed by atoms with Crippen molar-refractivity contribution in [3.8, 4) is 0 Å². The molecule has 0 saturated heterocycles. The van der Waals surface area contributed by atoms with Crippen LogP contribution in [0.2, 0.25) is 0 Å². The molecular weight excluding hydrogens is 1200 g/mol. The number of hydrogen-bond donors (Lipinski definition) is 0. The van der Waals surface area contributed by atoms with Crippen molar-refractivity contribution in [3.63, 3.8) is 0 Å². The second-order valence-corrected chi connectivity index (χ2v) is 4.24. The third-order valence-electron chi connectivity index (χ3n) is 0.471. The maximum atomic E-state index is 3.11. The van der Waals surface area contributed by atoms with Gasteiger partial charge in [0.2, 0.25) is 0 Å². The second-order valence-electron chi connectivity index (χ2n) is 2.55. The van der Waals surface area contributed by atoms with Gasteiger partial charge in [0.1, 0.15) is 0 Å². The van der Waals surface area contributed by atoms with Gasteiger partial charge in [-0.05, 0) is 0 Å². The fraction of sp³-hybridized carbons (Fsp3) is 0.750. The summed E-state index contributed by atoms with van der Waals surface area (Å²) in [7, 11) is 0. The molecule has 0 aliphatic carbocycles. The first-order valence-electron chi connectivity index (χ1n) is 3.29. The van der Waals surface area contributed by atoms with E-state index in [0.717, 1.165) is 0 Å². The van der Waals surface area contributed by atoms with E-state index in [1.807, 2.05) is 0 Å². The summed E-state index contributed by atoms with van der Waals surface area (Å²) in [5.41, 5.74) is 0. The summed E-state index contributed by atoms with van der Waals surface area (Å²) in [6.07, 6.45) is 0. The van der Waals surface area contributed by atoms with E-state index in [9.17, 15) is 0 Å². The number of rotatable bonds is 2. The Morgan fingerprint density at radius 1 is 0.643 bits per heavy atom. The Kier molecular flexibility index (Phi) is 77.7. The van der Waals surface area contributed by atoms with Gasteiger partial charge in [-0.3, -0.25) is 0 Å². The quantitative estimate of drug-likeness (QED) is 0.371. The maximum absolute atomic E-state index is 3.11. The van der Waals surface area contributed by atoms with Gasteiger partial charge < -0.3 is 0 Å². The SMILES string of the molecule is CC(C)[C-]=[W].CC(C)[C-]=[W].[W].[W].[W].[W]. The Bertz CT molecular complexity index is 79.8. The molecule has 0 aliphatic rings. The average molecular weight is 1210 g/mol. The van der Waals surface area contributed by atoms with Gasteiger partial charge in [0, 0.05) is 84.3 Å². The largest absolute Gasteiger partial charge is 0 e. The third kappa shape index (κ3) is 56.7. The van der Waals surface area contributed by atoms with Crippen molar-refractivity contribution in [1.82, 2.24) is 0 Å². The molecule has 14 heavy (non-hydrogen) atoms. The Hall–Kier alpha value is 3.87. The molecular formula is C8H14W6-2. The number of hydrogen-bond acceptors (Lipinski definition) is 0. The summed E-state index contributed by atoms with van der Waals surface area (Å²) in [5.74, 6) is 1.34. The fourth-order valence-electron chi connectivity index (χ4n) is 0. The van der Waals surface area contributed by atoms with E-state index in [2.05, 4.69) is 36.5 Å². The minimum atomic E-state index is 0. The zero-order valence-electron chi connectivity index (χ0n) is 8.60. The first-order valence-corrected chi connectivity index (χ1v) is 6.23. The molecule has 0 N–H and O–H groups in total. The summed E-state index contributed by atoms with van der Waals surface area (Å²) < 4.78 is 6.22. The van der Waals surface area contributed by atoms with Crippen molar-refractivity contribution in [2.45, 2.75) is 27.7 Å². The van der Waals surface area contributed by atoms with E-state index < -0.39 is 0 Å². The van der Waals surface area contributed by atoms with Crippen LogP contribution in [0.15, 0.2) is 0 Å². The fourth-order valence-corrected chi connectivity index (χ4v) is 0. The molecule has 0 nitrogen and oxygen atoms in total. The molecule has 0 amide bonds. The first kappa shape index (κ1) is 36.1. The van der Waals surface area contributed by atoms with E-state index in [1.165, 1.54) is 38.7 Å². The molecule has 0 heterocycles. The normalized spacial score (nSPS) is 6.14. The molecule has 0 aromatic carbocycles. The van der Waals surface area contributed by atoms with Crippen LogP contribution in [-0.4, -0.2) is 8.80 Å². The van der Waals surface area contributed by atoms with Crippen molar-refractivity contribution >= 4 is 8.80 Å². The van der Waals surface area contributed by atoms with E-state index in [0.29, 0.717) is 11.8 Å². The smallest absolute Gasteiger partial charge is 0 e. The van der Waals surface area contributed by atoms with Crippen molar-refractivity contribution in [1.29, 1.82) is 0 Å². The Morgan fingerprint density at radius 2 is 0.714 bits per heavy atom. The van der Waals surface area contributed by atoms with E-state index >= 15 is 0 Å². The Labute approximate surface area is 168 Å². The Balaban J connectivity index is -0.0000000178. The molecule has 0 atom stereocenters. The first-order chi connectivity index (χ1) is 4.54. The molecule has 6 heteroatoms. The third-order valence-corrected chi connectivity index (χ3v) is 3.86. The second kappa shape index (κ2) is 30.2. The standard InChI is InChI=1S/2C4H7.6W/c2*1-4(2)3;;;;;;/h2*4H,1-2H3;;;;;;/q2*-1;;;;;;. The van der Waals surface area contributed by atoms with Crippen LogP contribution in [0.3, 0.4) is 0 Å². The van der Waals surface area contributed by atoms with Crippen LogP contribution in [0.1, 0.15) is 27.7 Å². The zero-order chi connectivity index (χ0) is 8.57. The van der Waals surface area contributed by atoms with E-state index in [4.69, 9.17) is 0 Å². The molecule has 84 valence electrons. The molecule has 0 bridgehead atoms. The predicted octanol–water partition coefficient (Wildman–Crippen LogP) is 1.73. The van der Waals surface area contributed by atoms with Gasteiger partial charge in [-0.15, -0.1) is 0 Å². The van der Waals surface area contributed by atoms with Crippen LogP contribution in [0.4, 0.5) is 0 Å². The summed E-state index contributed by atoms with van der Waals surface area (Å²) in [6, 6.07) is 0. The van der Waals surface area contributed by atoms with Crippen LogP contribution >= 0.6 is 0 Å². The van der Waals surface area contributed by atoms with Crippen molar-refractivity contribution < 1.29 is 123 Å². The molecule has 0 saturated carbocycles. The maximum Gasteiger partial charge on any atom is 0 e. The minimum absolute atomic E-state index is 0. The Morgan fingerprint density at radius 3 is 0.714 bits per heavy atom. The van der Waals surface area contributed by atoms with Gasteiger partial charge in [-0.25, -0.2) is 0 Å². The van der Waals surface area contributed by atoms with Gasteiger partial charge in [-0.1, -0.05) is 0 Å². The van der Waals surface area contributed by atoms with E-state index in [-0.39, 0.29) is 84.3 Å². The average Bonchev–Trinajstić information content (AvgIpc) is 1.89. The van der Waals surface area contributed by atoms with Gasteiger partial charge in [-0.2, -0.15) is 0 Å². The topological polar surface area (TPSA) is 0 Å². The molecule has 0 aliphatic heterocycles. The molecule has 0 aromatic heterocycles. The predicted molar refractivity (Wildman–Crippen MR) is 39.7 cm³/mol. The van der Waals surface area contributed by atoms with Gasteiger partial charge in [0.15, 0.2) is 0 Å².